The molecule has 1 aliphatic rings. The number of methoxy groups -OCH3 is 1. The molecule has 0 saturated heterocycles. The Morgan fingerprint density at radius 3 is 2.20 bits per heavy atom. The molecule has 3 heteroatoms. The molecule has 0 amide bonds. The van der Waals surface area contributed by atoms with Crippen molar-refractivity contribution in [2.24, 2.45) is 5.84 Å². The molecular weight excluding hydrogens is 188 g/mol. The summed E-state index contributed by atoms with van der Waals surface area (Å²) in [5.41, 5.74) is 3.78. The highest BCUT2D eigenvalue weighted by molar-refractivity contribution is 5.11. The Balaban J connectivity index is 2.83. The van der Waals surface area contributed by atoms with Gasteiger partial charge in [0.2, 0.25) is 0 Å². The molecule has 3 nitrogen and oxygen atoms in total. The average Bonchev–Trinajstić information content (AvgIpc) is 2.45. The first kappa shape index (κ1) is 12.7. The zero-order valence-electron chi connectivity index (χ0n) is 10.0. The van der Waals surface area contributed by atoms with E-state index in [1.165, 1.54) is 25.7 Å². The number of hydrazine groups is 1. The minimum atomic E-state index is -0.142. The molecule has 0 aliphatic heterocycles. The zero-order valence-corrected chi connectivity index (χ0v) is 10.0. The van der Waals surface area contributed by atoms with Gasteiger partial charge in [0.15, 0.2) is 0 Å². The van der Waals surface area contributed by atoms with Crippen LogP contribution in [0.3, 0.4) is 0 Å². The second kappa shape index (κ2) is 5.64. The summed E-state index contributed by atoms with van der Waals surface area (Å²) in [7, 11) is 1.79. The highest BCUT2D eigenvalue weighted by Crippen LogP contribution is 2.34. The van der Waals surface area contributed by atoms with Gasteiger partial charge < -0.3 is 4.74 Å². The molecule has 1 saturated carbocycles. The van der Waals surface area contributed by atoms with E-state index >= 15 is 0 Å². The van der Waals surface area contributed by atoms with Gasteiger partial charge in [-0.3, -0.25) is 11.3 Å². The standard InChI is InChI=1S/C12H24N2O/c1-10(2)11(14-13)12(15-3)8-6-4-5-7-9-12/h11,14H,1,4-9,13H2,2-3H3. The molecule has 15 heavy (non-hydrogen) atoms. The third-order valence-electron chi connectivity index (χ3n) is 3.54. The number of nitrogens with one attached hydrogen (secondary N) is 1. The maximum absolute atomic E-state index is 5.77. The fraction of sp³-hybridized carbons (Fsp3) is 0.833. The maximum atomic E-state index is 5.77. The van der Waals surface area contributed by atoms with Crippen LogP contribution >= 0.6 is 0 Å². The third-order valence-corrected chi connectivity index (χ3v) is 3.54. The molecular formula is C12H24N2O. The van der Waals surface area contributed by atoms with Crippen molar-refractivity contribution in [2.75, 3.05) is 7.11 Å². The molecule has 0 bridgehead atoms. The Kier molecular flexibility index (Phi) is 4.77. The quantitative estimate of drug-likeness (QED) is 0.325. The Labute approximate surface area is 93.0 Å². The third kappa shape index (κ3) is 2.80. The molecule has 88 valence electrons. The van der Waals surface area contributed by atoms with Gasteiger partial charge in [0.1, 0.15) is 0 Å². The SMILES string of the molecule is C=C(C)C(NN)C1(OC)CCCCCC1. The molecule has 1 fully saturated rings. The van der Waals surface area contributed by atoms with Crippen LogP contribution in [0.2, 0.25) is 0 Å². The summed E-state index contributed by atoms with van der Waals surface area (Å²) >= 11 is 0. The van der Waals surface area contributed by atoms with Crippen LogP contribution in [0.15, 0.2) is 12.2 Å². The van der Waals surface area contributed by atoms with Gasteiger partial charge in [-0.2, -0.15) is 0 Å². The van der Waals surface area contributed by atoms with Gasteiger partial charge in [-0.05, 0) is 19.8 Å². The lowest BCUT2D eigenvalue weighted by atomic mass is 9.83. The normalized spacial score (nSPS) is 23.1. The van der Waals surface area contributed by atoms with Crippen LogP contribution in [0.25, 0.3) is 0 Å². The summed E-state index contributed by atoms with van der Waals surface area (Å²) < 4.78 is 5.77. The van der Waals surface area contributed by atoms with Crippen molar-refractivity contribution in [1.82, 2.24) is 5.43 Å². The maximum Gasteiger partial charge on any atom is 0.0882 e. The number of nitrogens with two attached hydrogens (primary N) is 1. The number of rotatable bonds is 4. The van der Waals surface area contributed by atoms with Gasteiger partial charge in [0, 0.05) is 7.11 Å². The van der Waals surface area contributed by atoms with Crippen LogP contribution in [0, 0.1) is 0 Å². The van der Waals surface area contributed by atoms with E-state index < -0.39 is 0 Å². The van der Waals surface area contributed by atoms with E-state index in [9.17, 15) is 0 Å². The van der Waals surface area contributed by atoms with E-state index in [1.54, 1.807) is 7.11 Å². The van der Waals surface area contributed by atoms with Gasteiger partial charge in [0.05, 0.1) is 11.6 Å². The van der Waals surface area contributed by atoms with Crippen LogP contribution in [0.5, 0.6) is 0 Å². The molecule has 1 unspecified atom stereocenters. The first-order valence-electron chi connectivity index (χ1n) is 5.83. The highest BCUT2D eigenvalue weighted by atomic mass is 16.5. The molecule has 1 aliphatic carbocycles. The van der Waals surface area contributed by atoms with Crippen molar-refractivity contribution >= 4 is 0 Å². The van der Waals surface area contributed by atoms with Crippen LogP contribution in [0.4, 0.5) is 0 Å². The largest absolute Gasteiger partial charge is 0.376 e. The Hall–Kier alpha value is -0.380. The monoisotopic (exact) mass is 212 g/mol. The Morgan fingerprint density at radius 2 is 1.87 bits per heavy atom. The van der Waals surface area contributed by atoms with E-state index in [2.05, 4.69) is 12.0 Å². The highest BCUT2D eigenvalue weighted by Gasteiger charge is 2.38. The van der Waals surface area contributed by atoms with Crippen LogP contribution in [-0.4, -0.2) is 18.8 Å². The van der Waals surface area contributed by atoms with Crippen LogP contribution in [0.1, 0.15) is 45.4 Å². The molecule has 0 aromatic rings. The van der Waals surface area contributed by atoms with Crippen LogP contribution < -0.4 is 11.3 Å². The smallest absolute Gasteiger partial charge is 0.0882 e. The lowest BCUT2D eigenvalue weighted by Crippen LogP contribution is -2.54. The fourth-order valence-electron chi connectivity index (χ4n) is 2.68. The molecule has 0 heterocycles. The summed E-state index contributed by atoms with van der Waals surface area (Å²) in [6.45, 7) is 6.01. The second-order valence-corrected chi connectivity index (χ2v) is 4.63. The van der Waals surface area contributed by atoms with Gasteiger partial charge >= 0.3 is 0 Å². The van der Waals surface area contributed by atoms with Gasteiger partial charge in [0.25, 0.3) is 0 Å². The van der Waals surface area contributed by atoms with Gasteiger partial charge in [-0.1, -0.05) is 37.8 Å². The minimum absolute atomic E-state index is 0.0700. The second-order valence-electron chi connectivity index (χ2n) is 4.63. The lowest BCUT2D eigenvalue weighted by molar-refractivity contribution is -0.0433. The molecule has 1 atom stereocenters. The Bertz CT molecular complexity index is 208. The predicted molar refractivity (Wildman–Crippen MR) is 63.4 cm³/mol. The van der Waals surface area contributed by atoms with Crippen molar-refractivity contribution in [2.45, 2.75) is 57.1 Å². The number of ether oxygens (including phenoxy) is 1. The first-order chi connectivity index (χ1) is 7.16. The average molecular weight is 212 g/mol. The molecule has 0 radical (unpaired) electrons. The van der Waals surface area contributed by atoms with Gasteiger partial charge in [-0.15, -0.1) is 0 Å². The lowest BCUT2D eigenvalue weighted by Gasteiger charge is -2.39. The predicted octanol–water partition coefficient (Wildman–Crippen LogP) is 2.13. The number of hydrogen-bond donors (Lipinski definition) is 2. The molecule has 1 rings (SSSR count). The topological polar surface area (TPSA) is 47.3 Å². The van der Waals surface area contributed by atoms with Crippen molar-refractivity contribution in [3.8, 4) is 0 Å². The molecule has 0 aromatic heterocycles. The number of hydrogen-bond acceptors (Lipinski definition) is 3. The fourth-order valence-corrected chi connectivity index (χ4v) is 2.68. The molecule has 0 spiro atoms. The van der Waals surface area contributed by atoms with E-state index in [1.807, 2.05) is 6.92 Å². The summed E-state index contributed by atoms with van der Waals surface area (Å²) in [5.74, 6) is 5.63. The van der Waals surface area contributed by atoms with Crippen molar-refractivity contribution in [3.05, 3.63) is 12.2 Å². The van der Waals surface area contributed by atoms with E-state index in [4.69, 9.17) is 10.6 Å². The molecule has 3 N–H and O–H groups in total. The first-order valence-corrected chi connectivity index (χ1v) is 5.83. The van der Waals surface area contributed by atoms with E-state index in [0.717, 1.165) is 18.4 Å². The van der Waals surface area contributed by atoms with Crippen molar-refractivity contribution < 1.29 is 4.74 Å². The van der Waals surface area contributed by atoms with E-state index in [0.29, 0.717) is 0 Å². The summed E-state index contributed by atoms with van der Waals surface area (Å²) in [6, 6.07) is 0.0700. The zero-order chi connectivity index (χ0) is 11.3. The minimum Gasteiger partial charge on any atom is -0.376 e. The molecule has 0 aromatic carbocycles. The Morgan fingerprint density at radius 1 is 1.33 bits per heavy atom. The van der Waals surface area contributed by atoms with Gasteiger partial charge in [-0.25, -0.2) is 0 Å². The van der Waals surface area contributed by atoms with Crippen molar-refractivity contribution in [3.63, 3.8) is 0 Å². The van der Waals surface area contributed by atoms with Crippen molar-refractivity contribution in [1.29, 1.82) is 0 Å². The summed E-state index contributed by atoms with van der Waals surface area (Å²) in [6.07, 6.45) is 7.20. The summed E-state index contributed by atoms with van der Waals surface area (Å²) in [4.78, 5) is 0. The van der Waals surface area contributed by atoms with E-state index in [-0.39, 0.29) is 11.6 Å². The van der Waals surface area contributed by atoms with Crippen LogP contribution in [-0.2, 0) is 4.74 Å². The summed E-state index contributed by atoms with van der Waals surface area (Å²) in [5, 5.41) is 0.